The first kappa shape index (κ1) is 12.7. The minimum Gasteiger partial charge on any atom is -0.348 e. The van der Waals surface area contributed by atoms with Crippen molar-refractivity contribution in [2.45, 2.75) is 6.54 Å². The zero-order valence-electron chi connectivity index (χ0n) is 10.7. The first-order valence-electron chi connectivity index (χ1n) is 6.22. The van der Waals surface area contributed by atoms with Crippen molar-refractivity contribution in [2.75, 3.05) is 4.72 Å². The molecule has 5 heteroatoms. The third-order valence-electron chi connectivity index (χ3n) is 3.00. The number of nitrogens with zero attached hydrogens (tertiary/aromatic N) is 1. The Morgan fingerprint density at radius 3 is 2.95 bits per heavy atom. The molecular formula is C15H13N3OS. The van der Waals surface area contributed by atoms with Crippen molar-refractivity contribution in [1.29, 1.82) is 0 Å². The fourth-order valence-corrected chi connectivity index (χ4v) is 2.52. The summed E-state index contributed by atoms with van der Waals surface area (Å²) in [6, 6.07) is 9.41. The number of fused-ring (bicyclic) bond motifs is 1. The van der Waals surface area contributed by atoms with Crippen LogP contribution in [-0.2, 0) is 6.54 Å². The SMILES string of the molecule is O=C(NCc1ccncc1)c1ccc2c(c1)C=CSN2. The molecule has 0 spiro atoms. The Labute approximate surface area is 121 Å². The molecule has 0 saturated heterocycles. The molecule has 0 aliphatic carbocycles. The molecule has 0 bridgehead atoms. The summed E-state index contributed by atoms with van der Waals surface area (Å²) in [5, 5.41) is 4.86. The number of pyridine rings is 1. The maximum absolute atomic E-state index is 12.1. The smallest absolute Gasteiger partial charge is 0.251 e. The van der Waals surface area contributed by atoms with Crippen molar-refractivity contribution in [2.24, 2.45) is 0 Å². The van der Waals surface area contributed by atoms with Crippen LogP contribution in [0.1, 0.15) is 21.5 Å². The fraction of sp³-hybridized carbons (Fsp3) is 0.0667. The van der Waals surface area contributed by atoms with E-state index in [4.69, 9.17) is 0 Å². The molecule has 100 valence electrons. The second kappa shape index (κ2) is 5.79. The van der Waals surface area contributed by atoms with E-state index in [1.165, 1.54) is 11.9 Å². The van der Waals surface area contributed by atoms with Crippen molar-refractivity contribution in [3.05, 3.63) is 64.8 Å². The van der Waals surface area contributed by atoms with Gasteiger partial charge in [0.2, 0.25) is 0 Å². The molecule has 2 heterocycles. The Morgan fingerprint density at radius 2 is 2.10 bits per heavy atom. The summed E-state index contributed by atoms with van der Waals surface area (Å²) >= 11 is 1.52. The van der Waals surface area contributed by atoms with E-state index in [1.807, 2.05) is 41.8 Å². The lowest BCUT2D eigenvalue weighted by molar-refractivity contribution is 0.0951. The topological polar surface area (TPSA) is 54.0 Å². The van der Waals surface area contributed by atoms with Gasteiger partial charge in [0, 0.05) is 24.5 Å². The van der Waals surface area contributed by atoms with Gasteiger partial charge in [-0.05, 0) is 64.9 Å². The van der Waals surface area contributed by atoms with E-state index in [2.05, 4.69) is 15.0 Å². The van der Waals surface area contributed by atoms with Crippen LogP contribution in [0.2, 0.25) is 0 Å². The molecule has 4 nitrogen and oxygen atoms in total. The molecule has 1 aromatic carbocycles. The number of hydrogen-bond donors (Lipinski definition) is 2. The van der Waals surface area contributed by atoms with Gasteiger partial charge in [-0.3, -0.25) is 9.78 Å². The number of amides is 1. The normalized spacial score (nSPS) is 12.4. The molecule has 1 aliphatic rings. The Kier molecular flexibility index (Phi) is 3.69. The summed E-state index contributed by atoms with van der Waals surface area (Å²) in [6.07, 6.45) is 5.43. The fourth-order valence-electron chi connectivity index (χ4n) is 1.92. The standard InChI is InChI=1S/C15H13N3OS/c19-15(17-10-11-3-6-16-7-4-11)13-1-2-14-12(9-13)5-8-20-18-14/h1-9,18H,10H2,(H,17,19). The molecule has 1 amide bonds. The van der Waals surface area contributed by atoms with E-state index in [-0.39, 0.29) is 5.91 Å². The van der Waals surface area contributed by atoms with Gasteiger partial charge >= 0.3 is 0 Å². The maximum Gasteiger partial charge on any atom is 0.251 e. The van der Waals surface area contributed by atoms with Crippen molar-refractivity contribution >= 4 is 29.6 Å². The zero-order valence-corrected chi connectivity index (χ0v) is 11.5. The predicted octanol–water partition coefficient (Wildman–Crippen LogP) is 3.06. The molecule has 1 aromatic heterocycles. The summed E-state index contributed by atoms with van der Waals surface area (Å²) < 4.78 is 3.18. The molecule has 3 rings (SSSR count). The first-order chi connectivity index (χ1) is 9.83. The van der Waals surface area contributed by atoms with E-state index >= 15 is 0 Å². The quantitative estimate of drug-likeness (QED) is 0.850. The van der Waals surface area contributed by atoms with E-state index in [9.17, 15) is 4.79 Å². The summed E-state index contributed by atoms with van der Waals surface area (Å²) in [5.74, 6) is -0.0729. The second-order valence-corrected chi connectivity index (χ2v) is 5.07. The molecule has 2 aromatic rings. The van der Waals surface area contributed by atoms with E-state index in [1.54, 1.807) is 12.4 Å². The molecule has 1 aliphatic heterocycles. The van der Waals surface area contributed by atoms with Gasteiger partial charge in [-0.2, -0.15) is 0 Å². The van der Waals surface area contributed by atoms with E-state index in [0.29, 0.717) is 12.1 Å². The highest BCUT2D eigenvalue weighted by molar-refractivity contribution is 8.03. The van der Waals surface area contributed by atoms with Gasteiger partial charge in [0.05, 0.1) is 5.69 Å². The average Bonchev–Trinajstić information content (AvgIpc) is 2.53. The summed E-state index contributed by atoms with van der Waals surface area (Å²) in [7, 11) is 0. The molecule has 2 N–H and O–H groups in total. The van der Waals surface area contributed by atoms with Gasteiger partial charge in [0.1, 0.15) is 0 Å². The van der Waals surface area contributed by atoms with Gasteiger partial charge in [0.15, 0.2) is 0 Å². The van der Waals surface area contributed by atoms with Crippen molar-refractivity contribution in [3.63, 3.8) is 0 Å². The number of benzene rings is 1. The Morgan fingerprint density at radius 1 is 1.25 bits per heavy atom. The third-order valence-corrected chi connectivity index (χ3v) is 3.61. The number of carbonyl (C=O) groups excluding carboxylic acids is 1. The van der Waals surface area contributed by atoms with Crippen LogP contribution in [0.3, 0.4) is 0 Å². The maximum atomic E-state index is 12.1. The Balaban J connectivity index is 1.70. The number of rotatable bonds is 3. The van der Waals surface area contributed by atoms with Crippen molar-refractivity contribution < 1.29 is 4.79 Å². The highest BCUT2D eigenvalue weighted by atomic mass is 32.2. The first-order valence-corrected chi connectivity index (χ1v) is 7.10. The van der Waals surface area contributed by atoms with E-state index < -0.39 is 0 Å². The van der Waals surface area contributed by atoms with Crippen LogP contribution in [0.25, 0.3) is 6.08 Å². The summed E-state index contributed by atoms with van der Waals surface area (Å²) in [4.78, 5) is 16.1. The lowest BCUT2D eigenvalue weighted by Gasteiger charge is -2.13. The Hall–Kier alpha value is -2.27. The lowest BCUT2D eigenvalue weighted by atomic mass is 10.1. The van der Waals surface area contributed by atoms with Crippen LogP contribution < -0.4 is 10.0 Å². The van der Waals surface area contributed by atoms with E-state index in [0.717, 1.165) is 16.8 Å². The van der Waals surface area contributed by atoms with Gasteiger partial charge in [-0.1, -0.05) is 0 Å². The van der Waals surface area contributed by atoms with Crippen LogP contribution in [0, 0.1) is 0 Å². The van der Waals surface area contributed by atoms with Gasteiger partial charge in [0.25, 0.3) is 5.91 Å². The van der Waals surface area contributed by atoms with Gasteiger partial charge in [-0.15, -0.1) is 0 Å². The van der Waals surface area contributed by atoms with Gasteiger partial charge < -0.3 is 10.0 Å². The van der Waals surface area contributed by atoms with Crippen LogP contribution in [0.5, 0.6) is 0 Å². The highest BCUT2D eigenvalue weighted by Crippen LogP contribution is 2.27. The largest absolute Gasteiger partial charge is 0.348 e. The van der Waals surface area contributed by atoms with Crippen LogP contribution in [0.4, 0.5) is 5.69 Å². The van der Waals surface area contributed by atoms with Crippen LogP contribution in [0.15, 0.2) is 48.1 Å². The predicted molar refractivity (Wildman–Crippen MR) is 82.1 cm³/mol. The molecule has 0 unspecified atom stereocenters. The molecular weight excluding hydrogens is 270 g/mol. The molecule has 0 atom stereocenters. The van der Waals surface area contributed by atoms with Crippen LogP contribution in [-0.4, -0.2) is 10.9 Å². The molecule has 0 saturated carbocycles. The van der Waals surface area contributed by atoms with Crippen molar-refractivity contribution in [3.8, 4) is 0 Å². The average molecular weight is 283 g/mol. The minimum atomic E-state index is -0.0729. The van der Waals surface area contributed by atoms with Gasteiger partial charge in [-0.25, -0.2) is 0 Å². The van der Waals surface area contributed by atoms with Crippen molar-refractivity contribution in [1.82, 2.24) is 10.3 Å². The minimum absolute atomic E-state index is 0.0729. The molecule has 20 heavy (non-hydrogen) atoms. The number of anilines is 1. The Bertz CT molecular complexity index is 655. The number of aromatic nitrogens is 1. The number of nitrogens with one attached hydrogen (secondary N) is 2. The summed E-state index contributed by atoms with van der Waals surface area (Å²) in [6.45, 7) is 0.502. The monoisotopic (exact) mass is 283 g/mol. The van der Waals surface area contributed by atoms with Crippen LogP contribution >= 0.6 is 11.9 Å². The molecule has 0 fully saturated rings. The summed E-state index contributed by atoms with van der Waals surface area (Å²) in [5.41, 5.74) is 3.75. The number of hydrogen-bond acceptors (Lipinski definition) is 4. The number of carbonyl (C=O) groups is 1. The third kappa shape index (κ3) is 2.83. The highest BCUT2D eigenvalue weighted by Gasteiger charge is 2.10. The lowest BCUT2D eigenvalue weighted by Crippen LogP contribution is -2.22. The zero-order chi connectivity index (χ0) is 13.8. The second-order valence-electron chi connectivity index (χ2n) is 4.36. The molecule has 0 radical (unpaired) electrons.